The van der Waals surface area contributed by atoms with Crippen LogP contribution in [-0.4, -0.2) is 28.8 Å². The fourth-order valence-electron chi connectivity index (χ4n) is 2.35. The van der Waals surface area contributed by atoms with Crippen LogP contribution in [-0.2, 0) is 11.3 Å². The van der Waals surface area contributed by atoms with E-state index >= 15 is 0 Å². The van der Waals surface area contributed by atoms with E-state index in [-0.39, 0.29) is 5.91 Å². The highest BCUT2D eigenvalue weighted by Gasteiger charge is 2.09. The van der Waals surface area contributed by atoms with Crippen molar-refractivity contribution in [2.45, 2.75) is 6.54 Å². The van der Waals surface area contributed by atoms with Crippen LogP contribution in [0.2, 0.25) is 5.02 Å². The number of carbonyl (C=O) groups is 2. The first-order chi connectivity index (χ1) is 12.6. The van der Waals surface area contributed by atoms with E-state index in [1.165, 1.54) is 7.11 Å². The zero-order valence-electron chi connectivity index (χ0n) is 14.0. The van der Waals surface area contributed by atoms with Gasteiger partial charge in [-0.05, 0) is 48.5 Å². The molecule has 0 aliphatic rings. The van der Waals surface area contributed by atoms with E-state index in [0.29, 0.717) is 22.7 Å². The summed E-state index contributed by atoms with van der Waals surface area (Å²) in [6, 6.07) is 13.6. The number of halogens is 1. The molecule has 0 spiro atoms. The minimum absolute atomic E-state index is 0.236. The number of carbonyl (C=O) groups excluding carboxylic acids is 2. The monoisotopic (exact) mass is 369 g/mol. The van der Waals surface area contributed by atoms with Gasteiger partial charge in [0.1, 0.15) is 0 Å². The number of esters is 1. The summed E-state index contributed by atoms with van der Waals surface area (Å²) >= 11 is 5.88. The molecule has 2 aromatic carbocycles. The van der Waals surface area contributed by atoms with Crippen molar-refractivity contribution in [3.63, 3.8) is 0 Å². The van der Waals surface area contributed by atoms with Gasteiger partial charge in [0.15, 0.2) is 0 Å². The predicted molar refractivity (Wildman–Crippen MR) is 97.5 cm³/mol. The zero-order chi connectivity index (χ0) is 18.5. The largest absolute Gasteiger partial charge is 0.465 e. The first-order valence-corrected chi connectivity index (χ1v) is 8.20. The van der Waals surface area contributed by atoms with Gasteiger partial charge in [0.25, 0.3) is 5.91 Å². The van der Waals surface area contributed by atoms with E-state index in [1.54, 1.807) is 47.3 Å². The van der Waals surface area contributed by atoms with Crippen LogP contribution >= 0.6 is 11.6 Å². The minimum Gasteiger partial charge on any atom is -0.465 e. The van der Waals surface area contributed by atoms with Crippen LogP contribution in [0.4, 0.5) is 0 Å². The SMILES string of the molecule is COC(=O)c1ccc(C(=O)NCc2cnn(-c3ccc(Cl)cc3)c2)cc1. The molecule has 0 unspecified atom stereocenters. The van der Waals surface area contributed by atoms with Crippen molar-refractivity contribution in [2.24, 2.45) is 0 Å². The van der Waals surface area contributed by atoms with Gasteiger partial charge in [0.05, 0.1) is 24.6 Å². The Morgan fingerprint density at radius 2 is 1.73 bits per heavy atom. The Kier molecular flexibility index (Phi) is 5.34. The Hall–Kier alpha value is -3.12. The molecule has 26 heavy (non-hydrogen) atoms. The maximum absolute atomic E-state index is 12.2. The first kappa shape index (κ1) is 17.7. The second-order valence-corrected chi connectivity index (χ2v) is 5.96. The molecule has 0 aliphatic heterocycles. The highest BCUT2D eigenvalue weighted by molar-refractivity contribution is 6.30. The number of aromatic nitrogens is 2. The van der Waals surface area contributed by atoms with Crippen LogP contribution in [0.3, 0.4) is 0 Å². The maximum Gasteiger partial charge on any atom is 0.337 e. The molecule has 0 fully saturated rings. The van der Waals surface area contributed by atoms with E-state index in [1.807, 2.05) is 18.3 Å². The van der Waals surface area contributed by atoms with Gasteiger partial charge in [-0.1, -0.05) is 11.6 Å². The number of methoxy groups -OCH3 is 1. The molecule has 0 radical (unpaired) electrons. The normalized spacial score (nSPS) is 10.4. The van der Waals surface area contributed by atoms with E-state index in [0.717, 1.165) is 11.3 Å². The Labute approximate surface area is 155 Å². The van der Waals surface area contributed by atoms with Crippen LogP contribution in [0.25, 0.3) is 5.69 Å². The molecule has 0 aliphatic carbocycles. The lowest BCUT2D eigenvalue weighted by Crippen LogP contribution is -2.22. The minimum atomic E-state index is -0.438. The molecule has 7 heteroatoms. The van der Waals surface area contributed by atoms with Gasteiger partial charge in [-0.3, -0.25) is 4.79 Å². The summed E-state index contributed by atoms with van der Waals surface area (Å²) in [6.07, 6.45) is 3.53. The number of nitrogens with zero attached hydrogens (tertiary/aromatic N) is 2. The summed E-state index contributed by atoms with van der Waals surface area (Å²) in [5.41, 5.74) is 2.60. The van der Waals surface area contributed by atoms with Gasteiger partial charge in [-0.2, -0.15) is 5.10 Å². The van der Waals surface area contributed by atoms with E-state index in [9.17, 15) is 9.59 Å². The lowest BCUT2D eigenvalue weighted by atomic mass is 10.1. The number of nitrogens with one attached hydrogen (secondary N) is 1. The lowest BCUT2D eigenvalue weighted by Gasteiger charge is -2.05. The average Bonchev–Trinajstić information content (AvgIpc) is 3.15. The first-order valence-electron chi connectivity index (χ1n) is 7.83. The second kappa shape index (κ2) is 7.84. The summed E-state index contributed by atoms with van der Waals surface area (Å²) < 4.78 is 6.34. The van der Waals surface area contributed by atoms with Crippen molar-refractivity contribution in [3.8, 4) is 5.69 Å². The lowest BCUT2D eigenvalue weighted by molar-refractivity contribution is 0.0600. The third-order valence-corrected chi connectivity index (χ3v) is 4.00. The molecule has 6 nitrogen and oxygen atoms in total. The van der Waals surface area contributed by atoms with E-state index in [4.69, 9.17) is 11.6 Å². The molecule has 0 bridgehead atoms. The highest BCUT2D eigenvalue weighted by Crippen LogP contribution is 2.13. The standard InChI is InChI=1S/C19H16ClN3O3/c1-26-19(25)15-4-2-14(3-5-15)18(24)21-10-13-11-22-23(12-13)17-8-6-16(20)7-9-17/h2-9,11-12H,10H2,1H3,(H,21,24). The number of ether oxygens (including phenoxy) is 1. The molecule has 1 aromatic heterocycles. The maximum atomic E-state index is 12.2. The van der Waals surface area contributed by atoms with Crippen LogP contribution in [0.15, 0.2) is 60.9 Å². The van der Waals surface area contributed by atoms with Crippen LogP contribution in [0, 0.1) is 0 Å². The fraction of sp³-hybridized carbons (Fsp3) is 0.105. The topological polar surface area (TPSA) is 73.2 Å². The summed E-state index contributed by atoms with van der Waals surface area (Å²) in [7, 11) is 1.31. The molecule has 0 saturated carbocycles. The van der Waals surface area contributed by atoms with E-state index < -0.39 is 5.97 Å². The van der Waals surface area contributed by atoms with Crippen LogP contribution < -0.4 is 5.32 Å². The molecule has 0 atom stereocenters. The Morgan fingerprint density at radius 1 is 1.08 bits per heavy atom. The molecule has 1 N–H and O–H groups in total. The quantitative estimate of drug-likeness (QED) is 0.701. The Morgan fingerprint density at radius 3 is 2.38 bits per heavy atom. The van der Waals surface area contributed by atoms with Crippen molar-refractivity contribution in [3.05, 3.63) is 82.6 Å². The summed E-state index contributed by atoms with van der Waals surface area (Å²) in [6.45, 7) is 0.338. The smallest absolute Gasteiger partial charge is 0.337 e. The molecule has 132 valence electrons. The molecule has 0 saturated heterocycles. The van der Waals surface area contributed by atoms with Gasteiger partial charge < -0.3 is 10.1 Å². The number of hydrogen-bond acceptors (Lipinski definition) is 4. The highest BCUT2D eigenvalue weighted by atomic mass is 35.5. The summed E-state index contributed by atoms with van der Waals surface area (Å²) in [4.78, 5) is 23.6. The molecule has 1 amide bonds. The van der Waals surface area contributed by atoms with E-state index in [2.05, 4.69) is 15.2 Å². The summed E-state index contributed by atoms with van der Waals surface area (Å²) in [5.74, 6) is -0.674. The van der Waals surface area contributed by atoms with Crippen molar-refractivity contribution in [1.82, 2.24) is 15.1 Å². The van der Waals surface area contributed by atoms with Gasteiger partial charge >= 0.3 is 5.97 Å². The van der Waals surface area contributed by atoms with Crippen molar-refractivity contribution in [2.75, 3.05) is 7.11 Å². The van der Waals surface area contributed by atoms with Gasteiger partial charge in [-0.15, -0.1) is 0 Å². The van der Waals surface area contributed by atoms with Gasteiger partial charge in [0, 0.05) is 28.9 Å². The predicted octanol–water partition coefficient (Wildman–Crippen LogP) is 3.24. The summed E-state index contributed by atoms with van der Waals surface area (Å²) in [5, 5.41) is 7.76. The number of hydrogen-bond donors (Lipinski definition) is 1. The third-order valence-electron chi connectivity index (χ3n) is 3.75. The fourth-order valence-corrected chi connectivity index (χ4v) is 2.47. The molecular weight excluding hydrogens is 354 g/mol. The molecule has 3 aromatic rings. The van der Waals surface area contributed by atoms with Gasteiger partial charge in [0.2, 0.25) is 0 Å². The van der Waals surface area contributed by atoms with Crippen molar-refractivity contribution >= 4 is 23.5 Å². The number of amides is 1. The van der Waals surface area contributed by atoms with Crippen molar-refractivity contribution < 1.29 is 14.3 Å². The number of benzene rings is 2. The second-order valence-electron chi connectivity index (χ2n) is 5.52. The Bertz CT molecular complexity index is 918. The Balaban J connectivity index is 1.61. The number of rotatable bonds is 5. The molecule has 3 rings (SSSR count). The third kappa shape index (κ3) is 4.10. The van der Waals surface area contributed by atoms with Crippen LogP contribution in [0.1, 0.15) is 26.3 Å². The molecular formula is C19H16ClN3O3. The zero-order valence-corrected chi connectivity index (χ0v) is 14.7. The molecule has 1 heterocycles. The van der Waals surface area contributed by atoms with Gasteiger partial charge in [-0.25, -0.2) is 9.48 Å². The van der Waals surface area contributed by atoms with Crippen molar-refractivity contribution in [1.29, 1.82) is 0 Å². The average molecular weight is 370 g/mol. The van der Waals surface area contributed by atoms with Crippen LogP contribution in [0.5, 0.6) is 0 Å².